The molecule has 1 saturated carbocycles. The molecule has 0 saturated heterocycles. The summed E-state index contributed by atoms with van der Waals surface area (Å²) in [6, 6.07) is 5.90. The topological polar surface area (TPSA) is 81.7 Å². The van der Waals surface area contributed by atoms with Gasteiger partial charge < -0.3 is 14.8 Å². The highest BCUT2D eigenvalue weighted by atomic mass is 19.1. The Bertz CT molecular complexity index is 1040. The van der Waals surface area contributed by atoms with E-state index < -0.39 is 35.4 Å². The number of carbonyl (C=O) groups is 3. The van der Waals surface area contributed by atoms with Gasteiger partial charge in [0.2, 0.25) is 0 Å². The second-order valence-corrected chi connectivity index (χ2v) is 9.26. The summed E-state index contributed by atoms with van der Waals surface area (Å²) >= 11 is 0. The molecule has 1 aromatic rings. The Kier molecular flexibility index (Phi) is 6.68. The Morgan fingerprint density at radius 2 is 1.88 bits per heavy atom. The third-order valence-corrected chi connectivity index (χ3v) is 6.97. The highest BCUT2D eigenvalue weighted by Gasteiger charge is 2.47. The number of hydrogen-bond acceptors (Lipinski definition) is 6. The number of benzene rings is 1. The Morgan fingerprint density at radius 3 is 2.55 bits per heavy atom. The summed E-state index contributed by atoms with van der Waals surface area (Å²) in [6.07, 6.45) is 5.04. The maximum absolute atomic E-state index is 14.2. The number of rotatable bonds is 4. The van der Waals surface area contributed by atoms with Gasteiger partial charge in [-0.1, -0.05) is 25.5 Å². The molecule has 1 aromatic carbocycles. The van der Waals surface area contributed by atoms with Gasteiger partial charge in [-0.25, -0.2) is 9.18 Å². The van der Waals surface area contributed by atoms with Crippen LogP contribution >= 0.6 is 0 Å². The fraction of sp³-hybridized carbons (Fsp3) is 0.500. The van der Waals surface area contributed by atoms with Crippen molar-refractivity contribution in [2.24, 2.45) is 11.8 Å². The van der Waals surface area contributed by atoms with Crippen molar-refractivity contribution in [3.63, 3.8) is 0 Å². The lowest BCUT2D eigenvalue weighted by Crippen LogP contribution is -2.43. The molecular formula is C26H30FNO5. The largest absolute Gasteiger partial charge is 0.468 e. The minimum Gasteiger partial charge on any atom is -0.468 e. The van der Waals surface area contributed by atoms with E-state index >= 15 is 0 Å². The van der Waals surface area contributed by atoms with E-state index in [2.05, 4.69) is 5.32 Å². The molecule has 0 radical (unpaired) electrons. The average molecular weight is 456 g/mol. The van der Waals surface area contributed by atoms with Gasteiger partial charge in [0.15, 0.2) is 5.78 Å². The molecule has 1 aliphatic heterocycles. The number of Topliss-reactive ketones (excluding diaryl/α,β-unsaturated/α-hetero) is 1. The molecule has 7 heteroatoms. The van der Waals surface area contributed by atoms with Crippen molar-refractivity contribution in [3.8, 4) is 0 Å². The summed E-state index contributed by atoms with van der Waals surface area (Å²) in [5.41, 5.74) is 2.33. The number of ether oxygens (including phenoxy) is 2. The highest BCUT2D eigenvalue weighted by Crippen LogP contribution is 2.45. The average Bonchev–Trinajstić information content (AvgIpc) is 2.78. The van der Waals surface area contributed by atoms with Crippen LogP contribution in [-0.4, -0.2) is 30.9 Å². The second kappa shape index (κ2) is 9.49. The molecule has 2 aliphatic carbocycles. The van der Waals surface area contributed by atoms with Gasteiger partial charge in [0.05, 0.1) is 12.7 Å². The van der Waals surface area contributed by atoms with Gasteiger partial charge in [0.25, 0.3) is 0 Å². The van der Waals surface area contributed by atoms with Crippen LogP contribution in [0.15, 0.2) is 46.8 Å². The van der Waals surface area contributed by atoms with Gasteiger partial charge in [-0.05, 0) is 62.6 Å². The SMILES string of the molecule is COC(=O)[C@@H]1C(=O)C2=C(C[C@H]1C)NC(C)=C(C(=O)OC1CCCCC1)[C@H]2c1cccc(F)c1. The predicted octanol–water partition coefficient (Wildman–Crippen LogP) is 4.31. The van der Waals surface area contributed by atoms with E-state index in [0.717, 1.165) is 32.1 Å². The summed E-state index contributed by atoms with van der Waals surface area (Å²) in [6.45, 7) is 3.60. The number of methoxy groups -OCH3 is 1. The van der Waals surface area contributed by atoms with E-state index in [1.807, 2.05) is 6.92 Å². The molecule has 176 valence electrons. The van der Waals surface area contributed by atoms with Crippen LogP contribution in [-0.2, 0) is 23.9 Å². The van der Waals surface area contributed by atoms with E-state index in [1.54, 1.807) is 19.1 Å². The van der Waals surface area contributed by atoms with Crippen molar-refractivity contribution in [1.29, 1.82) is 0 Å². The summed E-state index contributed by atoms with van der Waals surface area (Å²) < 4.78 is 25.0. The monoisotopic (exact) mass is 455 g/mol. The molecule has 1 N–H and O–H groups in total. The van der Waals surface area contributed by atoms with Gasteiger partial charge in [0.1, 0.15) is 17.8 Å². The van der Waals surface area contributed by atoms with Crippen LogP contribution in [0.25, 0.3) is 0 Å². The maximum Gasteiger partial charge on any atom is 0.337 e. The van der Waals surface area contributed by atoms with Crippen molar-refractivity contribution in [1.82, 2.24) is 5.32 Å². The number of hydrogen-bond donors (Lipinski definition) is 1. The zero-order valence-electron chi connectivity index (χ0n) is 19.3. The van der Waals surface area contributed by atoms with E-state index in [-0.39, 0.29) is 17.6 Å². The first-order chi connectivity index (χ1) is 15.8. The van der Waals surface area contributed by atoms with Crippen molar-refractivity contribution in [2.75, 3.05) is 7.11 Å². The zero-order chi connectivity index (χ0) is 23.7. The molecule has 0 bridgehead atoms. The molecular weight excluding hydrogens is 425 g/mol. The number of nitrogens with one attached hydrogen (secondary N) is 1. The smallest absolute Gasteiger partial charge is 0.337 e. The Hall–Kier alpha value is -2.96. The van der Waals surface area contributed by atoms with Crippen molar-refractivity contribution in [3.05, 3.63) is 58.2 Å². The van der Waals surface area contributed by atoms with Crippen LogP contribution in [0.3, 0.4) is 0 Å². The number of ketones is 1. The van der Waals surface area contributed by atoms with E-state index in [9.17, 15) is 18.8 Å². The first-order valence-electron chi connectivity index (χ1n) is 11.6. The second-order valence-electron chi connectivity index (χ2n) is 9.26. The summed E-state index contributed by atoms with van der Waals surface area (Å²) in [7, 11) is 1.26. The predicted molar refractivity (Wildman–Crippen MR) is 119 cm³/mol. The van der Waals surface area contributed by atoms with E-state index in [1.165, 1.54) is 19.2 Å². The molecule has 0 aromatic heterocycles. The van der Waals surface area contributed by atoms with Crippen molar-refractivity contribution in [2.45, 2.75) is 64.4 Å². The Morgan fingerprint density at radius 1 is 1.15 bits per heavy atom. The lowest BCUT2D eigenvalue weighted by molar-refractivity contribution is -0.151. The van der Waals surface area contributed by atoms with E-state index in [0.29, 0.717) is 29.0 Å². The van der Waals surface area contributed by atoms with Gasteiger partial charge >= 0.3 is 11.9 Å². The van der Waals surface area contributed by atoms with Gasteiger partial charge in [-0.15, -0.1) is 0 Å². The van der Waals surface area contributed by atoms with Crippen LogP contribution < -0.4 is 5.32 Å². The molecule has 0 spiro atoms. The van der Waals surface area contributed by atoms with Crippen LogP contribution in [0, 0.1) is 17.7 Å². The third kappa shape index (κ3) is 4.45. The number of dihydropyridines is 1. The molecule has 33 heavy (non-hydrogen) atoms. The lowest BCUT2D eigenvalue weighted by atomic mass is 9.69. The molecule has 0 amide bonds. The van der Waals surface area contributed by atoms with Crippen molar-refractivity contribution >= 4 is 17.7 Å². The number of esters is 2. The lowest BCUT2D eigenvalue weighted by Gasteiger charge is -2.38. The van der Waals surface area contributed by atoms with Gasteiger partial charge in [-0.2, -0.15) is 0 Å². The maximum atomic E-state index is 14.2. The molecule has 1 heterocycles. The molecule has 4 rings (SSSR count). The molecule has 1 fully saturated rings. The molecule has 0 unspecified atom stereocenters. The van der Waals surface area contributed by atoms with E-state index in [4.69, 9.17) is 9.47 Å². The first-order valence-corrected chi connectivity index (χ1v) is 11.6. The minimum absolute atomic E-state index is 0.167. The van der Waals surface area contributed by atoms with Crippen molar-refractivity contribution < 1.29 is 28.2 Å². The molecule has 3 aliphatic rings. The van der Waals surface area contributed by atoms with Gasteiger partial charge in [0, 0.05) is 22.9 Å². The zero-order valence-corrected chi connectivity index (χ0v) is 19.3. The highest BCUT2D eigenvalue weighted by molar-refractivity contribution is 6.12. The third-order valence-electron chi connectivity index (χ3n) is 6.97. The fourth-order valence-corrected chi connectivity index (χ4v) is 5.37. The normalized spacial score (nSPS) is 25.9. The van der Waals surface area contributed by atoms with Crippen LogP contribution in [0.5, 0.6) is 0 Å². The fourth-order valence-electron chi connectivity index (χ4n) is 5.37. The molecule has 6 nitrogen and oxygen atoms in total. The Labute approximate surface area is 193 Å². The van der Waals surface area contributed by atoms with Gasteiger partial charge in [-0.3, -0.25) is 9.59 Å². The number of carbonyl (C=O) groups excluding carboxylic acids is 3. The number of halogens is 1. The minimum atomic E-state index is -0.972. The summed E-state index contributed by atoms with van der Waals surface area (Å²) in [4.78, 5) is 39.5. The first kappa shape index (κ1) is 23.2. The van der Waals surface area contributed by atoms with Crippen LogP contribution in [0.4, 0.5) is 4.39 Å². The number of allylic oxidation sites excluding steroid dienone is 3. The Balaban J connectivity index is 1.78. The van der Waals surface area contributed by atoms with Crippen LogP contribution in [0.2, 0.25) is 0 Å². The molecule has 3 atom stereocenters. The summed E-state index contributed by atoms with van der Waals surface area (Å²) in [5, 5.41) is 3.23. The quantitative estimate of drug-likeness (QED) is 0.538. The van der Waals surface area contributed by atoms with Crippen LogP contribution in [0.1, 0.15) is 63.9 Å². The summed E-state index contributed by atoms with van der Waals surface area (Å²) in [5.74, 6) is -4.03. The standard InChI is InChI=1S/C26H30FNO5/c1-14-12-19-23(24(29)20(14)25(30)32-3)22(16-8-7-9-17(27)13-16)21(15(2)28-19)26(31)33-18-10-5-4-6-11-18/h7-9,13-14,18,20,22,28H,4-6,10-12H2,1-3H3/t14-,20+,22-/m1/s1.